The van der Waals surface area contributed by atoms with Crippen molar-refractivity contribution in [1.82, 2.24) is 20.2 Å². The molecule has 2 aliphatic heterocycles. The van der Waals surface area contributed by atoms with E-state index < -0.39 is 0 Å². The van der Waals surface area contributed by atoms with E-state index in [0.717, 1.165) is 51.4 Å². The first-order valence-electron chi connectivity index (χ1n) is 7.88. The minimum absolute atomic E-state index is 0.0237. The number of aromatic nitrogens is 2. The second-order valence-corrected chi connectivity index (χ2v) is 5.73. The number of hydrogen-bond acceptors (Lipinski definition) is 5. The van der Waals surface area contributed by atoms with Crippen molar-refractivity contribution in [2.75, 3.05) is 37.6 Å². The number of nitrogens with zero attached hydrogens (tertiary/aromatic N) is 4. The summed E-state index contributed by atoms with van der Waals surface area (Å²) in [6, 6.07) is 0.0237. The number of carbonyl (C=O) groups excluding carboxylic acids is 1. The third kappa shape index (κ3) is 3.50. The minimum atomic E-state index is 0.0237. The number of rotatable bonds is 2. The first kappa shape index (κ1) is 14.3. The number of hydrogen-bond donors (Lipinski definition) is 1. The molecule has 0 radical (unpaired) electrons. The molecule has 1 unspecified atom stereocenters. The molecule has 21 heavy (non-hydrogen) atoms. The van der Waals surface area contributed by atoms with Gasteiger partial charge in [0.1, 0.15) is 5.82 Å². The molecule has 1 N–H and O–H groups in total. The van der Waals surface area contributed by atoms with Crippen molar-refractivity contribution in [3.05, 3.63) is 18.6 Å². The van der Waals surface area contributed by atoms with Crippen LogP contribution in [0.1, 0.15) is 25.7 Å². The molecule has 0 aliphatic carbocycles. The maximum Gasteiger partial charge on any atom is 0.239 e. The zero-order chi connectivity index (χ0) is 14.5. The van der Waals surface area contributed by atoms with E-state index in [1.165, 1.54) is 12.8 Å². The Morgan fingerprint density at radius 2 is 2.00 bits per heavy atom. The summed E-state index contributed by atoms with van der Waals surface area (Å²) < 4.78 is 0. The number of piperazine rings is 1. The van der Waals surface area contributed by atoms with Gasteiger partial charge in [-0.1, -0.05) is 12.8 Å². The van der Waals surface area contributed by atoms with Crippen LogP contribution in [0.2, 0.25) is 0 Å². The van der Waals surface area contributed by atoms with Gasteiger partial charge in [0.15, 0.2) is 0 Å². The summed E-state index contributed by atoms with van der Waals surface area (Å²) in [6.45, 7) is 4.17. The highest BCUT2D eigenvalue weighted by molar-refractivity contribution is 5.82. The van der Waals surface area contributed by atoms with Crippen LogP contribution in [-0.2, 0) is 4.79 Å². The summed E-state index contributed by atoms with van der Waals surface area (Å²) in [5, 5.41) is 3.39. The largest absolute Gasteiger partial charge is 0.352 e. The molecule has 3 rings (SSSR count). The molecule has 3 heterocycles. The van der Waals surface area contributed by atoms with Crippen LogP contribution in [0.4, 0.5) is 5.82 Å². The predicted molar refractivity (Wildman–Crippen MR) is 81.1 cm³/mol. The molecule has 2 aliphatic rings. The van der Waals surface area contributed by atoms with Crippen LogP contribution in [0.3, 0.4) is 0 Å². The van der Waals surface area contributed by atoms with E-state index in [1.807, 2.05) is 4.90 Å². The average Bonchev–Trinajstić information content (AvgIpc) is 2.84. The molecule has 6 nitrogen and oxygen atoms in total. The number of anilines is 1. The Bertz CT molecular complexity index is 450. The van der Waals surface area contributed by atoms with Gasteiger partial charge in [0.05, 0.1) is 12.2 Å². The van der Waals surface area contributed by atoms with Crippen LogP contribution in [0.5, 0.6) is 0 Å². The molecule has 0 bridgehead atoms. The summed E-state index contributed by atoms with van der Waals surface area (Å²) in [5.74, 6) is 1.17. The lowest BCUT2D eigenvalue weighted by molar-refractivity contribution is -0.133. The normalized spacial score (nSPS) is 23.7. The fourth-order valence-electron chi connectivity index (χ4n) is 3.07. The maximum absolute atomic E-state index is 12.6. The van der Waals surface area contributed by atoms with Gasteiger partial charge in [0.25, 0.3) is 0 Å². The van der Waals surface area contributed by atoms with Crippen molar-refractivity contribution in [3.8, 4) is 0 Å². The lowest BCUT2D eigenvalue weighted by atomic mass is 10.1. The summed E-state index contributed by atoms with van der Waals surface area (Å²) in [4.78, 5) is 25.2. The second kappa shape index (κ2) is 6.85. The van der Waals surface area contributed by atoms with Gasteiger partial charge >= 0.3 is 0 Å². The van der Waals surface area contributed by atoms with Gasteiger partial charge in [-0.2, -0.15) is 0 Å². The van der Waals surface area contributed by atoms with Crippen molar-refractivity contribution in [2.24, 2.45) is 0 Å². The van der Waals surface area contributed by atoms with Crippen molar-refractivity contribution in [1.29, 1.82) is 0 Å². The van der Waals surface area contributed by atoms with Gasteiger partial charge < -0.3 is 15.1 Å². The topological polar surface area (TPSA) is 61.4 Å². The SMILES string of the molecule is O=C(C1CCCCCN1)N1CCN(c2cnccn2)CC1. The highest BCUT2D eigenvalue weighted by atomic mass is 16.2. The monoisotopic (exact) mass is 289 g/mol. The van der Waals surface area contributed by atoms with Crippen LogP contribution >= 0.6 is 0 Å². The maximum atomic E-state index is 12.6. The highest BCUT2D eigenvalue weighted by Gasteiger charge is 2.27. The quantitative estimate of drug-likeness (QED) is 0.866. The van der Waals surface area contributed by atoms with Gasteiger partial charge in [-0.25, -0.2) is 4.98 Å². The van der Waals surface area contributed by atoms with Crippen molar-refractivity contribution in [3.63, 3.8) is 0 Å². The second-order valence-electron chi connectivity index (χ2n) is 5.73. The van der Waals surface area contributed by atoms with Crippen LogP contribution in [0.15, 0.2) is 18.6 Å². The molecule has 6 heteroatoms. The van der Waals surface area contributed by atoms with E-state index in [-0.39, 0.29) is 11.9 Å². The van der Waals surface area contributed by atoms with Gasteiger partial charge in [-0.15, -0.1) is 0 Å². The molecule has 114 valence electrons. The van der Waals surface area contributed by atoms with E-state index in [4.69, 9.17) is 0 Å². The Hall–Kier alpha value is -1.69. The molecule has 2 fully saturated rings. The van der Waals surface area contributed by atoms with Crippen LogP contribution in [0, 0.1) is 0 Å². The molecular formula is C15H23N5O. The van der Waals surface area contributed by atoms with Crippen molar-refractivity contribution < 1.29 is 4.79 Å². The number of carbonyl (C=O) groups is 1. The van der Waals surface area contributed by atoms with Crippen LogP contribution in [0.25, 0.3) is 0 Å². The lowest BCUT2D eigenvalue weighted by Gasteiger charge is -2.36. The Labute approximate surface area is 125 Å². The number of nitrogens with one attached hydrogen (secondary N) is 1. The Morgan fingerprint density at radius 3 is 2.76 bits per heavy atom. The first-order chi connectivity index (χ1) is 10.3. The van der Waals surface area contributed by atoms with E-state index in [1.54, 1.807) is 18.6 Å². The van der Waals surface area contributed by atoms with E-state index in [2.05, 4.69) is 20.2 Å². The van der Waals surface area contributed by atoms with Crippen molar-refractivity contribution in [2.45, 2.75) is 31.7 Å². The van der Waals surface area contributed by atoms with Gasteiger partial charge in [-0.3, -0.25) is 9.78 Å². The lowest BCUT2D eigenvalue weighted by Crippen LogP contribution is -2.54. The number of amides is 1. The molecular weight excluding hydrogens is 266 g/mol. The smallest absolute Gasteiger partial charge is 0.239 e. The fraction of sp³-hybridized carbons (Fsp3) is 0.667. The van der Waals surface area contributed by atoms with Crippen LogP contribution in [-0.4, -0.2) is 59.5 Å². The molecule has 2 saturated heterocycles. The third-order valence-electron chi connectivity index (χ3n) is 4.32. The Balaban J connectivity index is 1.54. The summed E-state index contributed by atoms with van der Waals surface area (Å²) in [6.07, 6.45) is 9.72. The molecule has 1 atom stereocenters. The molecule has 1 aromatic heterocycles. The zero-order valence-corrected chi connectivity index (χ0v) is 12.4. The Kier molecular flexibility index (Phi) is 4.65. The summed E-state index contributed by atoms with van der Waals surface area (Å²) in [7, 11) is 0. The van der Waals surface area contributed by atoms with Gasteiger partial charge in [0, 0.05) is 38.6 Å². The van der Waals surface area contributed by atoms with Gasteiger partial charge in [0.2, 0.25) is 5.91 Å². The predicted octanol–water partition coefficient (Wildman–Crippen LogP) is 0.657. The molecule has 0 spiro atoms. The summed E-state index contributed by atoms with van der Waals surface area (Å²) in [5.41, 5.74) is 0. The highest BCUT2D eigenvalue weighted by Crippen LogP contribution is 2.15. The standard InChI is InChI=1S/C15H23N5O/c21-15(13-4-2-1-3-5-17-13)20-10-8-19(9-11-20)14-12-16-6-7-18-14/h6-7,12-13,17H,1-5,8-11H2. The molecule has 0 saturated carbocycles. The summed E-state index contributed by atoms with van der Waals surface area (Å²) >= 11 is 0. The average molecular weight is 289 g/mol. The fourth-order valence-corrected chi connectivity index (χ4v) is 3.07. The van der Waals surface area contributed by atoms with E-state index in [0.29, 0.717) is 0 Å². The Morgan fingerprint density at radius 1 is 1.14 bits per heavy atom. The molecule has 0 aromatic carbocycles. The van der Waals surface area contributed by atoms with Gasteiger partial charge in [-0.05, 0) is 19.4 Å². The molecule has 1 amide bonds. The molecule has 1 aromatic rings. The van der Waals surface area contributed by atoms with E-state index in [9.17, 15) is 4.79 Å². The van der Waals surface area contributed by atoms with E-state index >= 15 is 0 Å². The van der Waals surface area contributed by atoms with Crippen molar-refractivity contribution >= 4 is 11.7 Å². The zero-order valence-electron chi connectivity index (χ0n) is 12.4. The first-order valence-corrected chi connectivity index (χ1v) is 7.88. The van der Waals surface area contributed by atoms with Crippen LogP contribution < -0.4 is 10.2 Å². The minimum Gasteiger partial charge on any atom is -0.352 e. The third-order valence-corrected chi connectivity index (χ3v) is 4.32.